The zero-order valence-electron chi connectivity index (χ0n) is 9.81. The van der Waals surface area contributed by atoms with E-state index in [0.29, 0.717) is 17.7 Å². The Labute approximate surface area is 112 Å². The molecule has 0 saturated heterocycles. The smallest absolute Gasteiger partial charge is 0.199 e. The van der Waals surface area contributed by atoms with Gasteiger partial charge in [0.2, 0.25) is 0 Å². The number of benzene rings is 2. The van der Waals surface area contributed by atoms with E-state index in [1.165, 1.54) is 12.1 Å². The molecular formula is C14H8ClF3O. The van der Waals surface area contributed by atoms with Crippen LogP contribution in [0.15, 0.2) is 30.3 Å². The minimum Gasteiger partial charge on any atom is -0.288 e. The number of carbonyl (C=O) groups is 1. The molecule has 0 saturated carbocycles. The minimum absolute atomic E-state index is 0.305. The van der Waals surface area contributed by atoms with Gasteiger partial charge >= 0.3 is 0 Å². The lowest BCUT2D eigenvalue weighted by Crippen LogP contribution is -2.08. The third-order valence-corrected chi connectivity index (χ3v) is 2.91. The van der Waals surface area contributed by atoms with Crippen molar-refractivity contribution in [1.82, 2.24) is 0 Å². The van der Waals surface area contributed by atoms with Gasteiger partial charge < -0.3 is 0 Å². The Morgan fingerprint density at radius 3 is 2.26 bits per heavy atom. The van der Waals surface area contributed by atoms with Gasteiger partial charge in [0.1, 0.15) is 17.5 Å². The first kappa shape index (κ1) is 13.6. The second kappa shape index (κ2) is 5.05. The summed E-state index contributed by atoms with van der Waals surface area (Å²) in [7, 11) is 0. The average Bonchev–Trinajstić information content (AvgIpc) is 2.36. The third kappa shape index (κ3) is 2.63. The topological polar surface area (TPSA) is 17.1 Å². The molecule has 0 fully saturated rings. The summed E-state index contributed by atoms with van der Waals surface area (Å²) in [6.07, 6.45) is 0. The van der Waals surface area contributed by atoms with Gasteiger partial charge in [-0.1, -0.05) is 23.2 Å². The number of ketones is 1. The number of aryl methyl sites for hydroxylation is 1. The first-order chi connectivity index (χ1) is 8.90. The van der Waals surface area contributed by atoms with Gasteiger partial charge in [-0.05, 0) is 31.2 Å². The first-order valence-corrected chi connectivity index (χ1v) is 5.73. The summed E-state index contributed by atoms with van der Waals surface area (Å²) >= 11 is 5.39. The van der Waals surface area contributed by atoms with Gasteiger partial charge in [0.25, 0.3) is 0 Å². The molecule has 0 aliphatic heterocycles. The van der Waals surface area contributed by atoms with Crippen molar-refractivity contribution in [3.8, 4) is 0 Å². The van der Waals surface area contributed by atoms with Crippen LogP contribution in [0, 0.1) is 24.4 Å². The van der Waals surface area contributed by atoms with Gasteiger partial charge in [0.05, 0.1) is 16.1 Å². The Kier molecular flexibility index (Phi) is 3.62. The van der Waals surface area contributed by atoms with Crippen molar-refractivity contribution < 1.29 is 18.0 Å². The summed E-state index contributed by atoms with van der Waals surface area (Å²) in [5, 5.41) is -0.432. The molecule has 0 N–H and O–H groups in total. The SMILES string of the molecule is Cc1ccc(F)c(C(=O)c2cc(F)c(Cl)cc2F)c1. The van der Waals surface area contributed by atoms with Gasteiger partial charge in [0, 0.05) is 0 Å². The highest BCUT2D eigenvalue weighted by molar-refractivity contribution is 6.30. The summed E-state index contributed by atoms with van der Waals surface area (Å²) in [5.41, 5.74) is -0.216. The van der Waals surface area contributed by atoms with E-state index in [-0.39, 0.29) is 5.56 Å². The second-order valence-corrected chi connectivity index (χ2v) is 4.47. The highest BCUT2D eigenvalue weighted by Crippen LogP contribution is 2.23. The minimum atomic E-state index is -0.989. The van der Waals surface area contributed by atoms with E-state index in [2.05, 4.69) is 0 Å². The monoisotopic (exact) mass is 284 g/mol. The van der Waals surface area contributed by atoms with E-state index in [1.54, 1.807) is 6.92 Å². The number of halogens is 4. The van der Waals surface area contributed by atoms with Crippen LogP contribution in [0.5, 0.6) is 0 Å². The predicted octanol–water partition coefficient (Wildman–Crippen LogP) is 4.30. The zero-order chi connectivity index (χ0) is 14.2. The number of hydrogen-bond acceptors (Lipinski definition) is 1. The Bertz CT molecular complexity index is 668. The molecule has 98 valence electrons. The largest absolute Gasteiger partial charge is 0.288 e. The summed E-state index contributed by atoms with van der Waals surface area (Å²) in [6.45, 7) is 1.66. The van der Waals surface area contributed by atoms with Crippen LogP contribution in [0.1, 0.15) is 21.5 Å². The molecule has 0 atom stereocenters. The van der Waals surface area contributed by atoms with E-state index in [4.69, 9.17) is 11.6 Å². The molecule has 1 nitrogen and oxygen atoms in total. The maximum atomic E-state index is 13.6. The van der Waals surface area contributed by atoms with Crippen molar-refractivity contribution in [2.45, 2.75) is 6.92 Å². The maximum absolute atomic E-state index is 13.6. The molecular weight excluding hydrogens is 277 g/mol. The fourth-order valence-corrected chi connectivity index (χ4v) is 1.81. The molecule has 0 bridgehead atoms. The van der Waals surface area contributed by atoms with Crippen LogP contribution in [0.2, 0.25) is 5.02 Å². The Morgan fingerprint density at radius 2 is 1.58 bits per heavy atom. The third-order valence-electron chi connectivity index (χ3n) is 2.62. The molecule has 0 heterocycles. The van der Waals surface area contributed by atoms with Gasteiger partial charge in [-0.15, -0.1) is 0 Å². The Hall–Kier alpha value is -1.81. The standard InChI is InChI=1S/C14H8ClF3O/c1-7-2-3-11(16)8(4-7)14(19)9-5-13(18)10(15)6-12(9)17/h2-6H,1H3. The fourth-order valence-electron chi connectivity index (χ4n) is 1.65. The molecule has 2 rings (SSSR count). The summed E-state index contributed by atoms with van der Waals surface area (Å²) in [5.74, 6) is -3.63. The molecule has 0 spiro atoms. The lowest BCUT2D eigenvalue weighted by atomic mass is 10.0. The fraction of sp³-hybridized carbons (Fsp3) is 0.0714. The van der Waals surface area contributed by atoms with Gasteiger partial charge in [0.15, 0.2) is 5.78 Å². The van der Waals surface area contributed by atoms with Crippen LogP contribution in [-0.4, -0.2) is 5.78 Å². The number of hydrogen-bond donors (Lipinski definition) is 0. The van der Waals surface area contributed by atoms with Crippen LogP contribution in [-0.2, 0) is 0 Å². The van der Waals surface area contributed by atoms with Crippen LogP contribution >= 0.6 is 11.6 Å². The summed E-state index contributed by atoms with van der Waals surface area (Å²) in [6, 6.07) is 5.22. The van der Waals surface area contributed by atoms with Gasteiger partial charge in [-0.2, -0.15) is 0 Å². The van der Waals surface area contributed by atoms with Crippen molar-refractivity contribution >= 4 is 17.4 Å². The molecule has 0 amide bonds. The highest BCUT2D eigenvalue weighted by atomic mass is 35.5. The molecule has 2 aromatic carbocycles. The van der Waals surface area contributed by atoms with E-state index in [9.17, 15) is 18.0 Å². The van der Waals surface area contributed by atoms with Gasteiger partial charge in [-0.25, -0.2) is 13.2 Å². The maximum Gasteiger partial charge on any atom is 0.199 e. The molecule has 0 aliphatic carbocycles. The molecule has 0 aliphatic rings. The average molecular weight is 285 g/mol. The van der Waals surface area contributed by atoms with Crippen molar-refractivity contribution in [1.29, 1.82) is 0 Å². The van der Waals surface area contributed by atoms with E-state index >= 15 is 0 Å². The van der Waals surface area contributed by atoms with E-state index in [1.807, 2.05) is 0 Å². The lowest BCUT2D eigenvalue weighted by molar-refractivity contribution is 0.103. The van der Waals surface area contributed by atoms with E-state index in [0.717, 1.165) is 6.07 Å². The van der Waals surface area contributed by atoms with Crippen molar-refractivity contribution in [2.24, 2.45) is 0 Å². The van der Waals surface area contributed by atoms with E-state index < -0.39 is 33.8 Å². The Morgan fingerprint density at radius 1 is 0.947 bits per heavy atom. The molecule has 0 unspecified atom stereocenters. The lowest BCUT2D eigenvalue weighted by Gasteiger charge is -2.06. The van der Waals surface area contributed by atoms with Gasteiger partial charge in [-0.3, -0.25) is 4.79 Å². The van der Waals surface area contributed by atoms with Crippen molar-refractivity contribution in [3.05, 3.63) is 69.5 Å². The van der Waals surface area contributed by atoms with Crippen LogP contribution < -0.4 is 0 Å². The molecule has 2 aromatic rings. The normalized spacial score (nSPS) is 10.6. The molecule has 5 heteroatoms. The molecule has 0 aromatic heterocycles. The zero-order valence-corrected chi connectivity index (χ0v) is 10.6. The highest BCUT2D eigenvalue weighted by Gasteiger charge is 2.20. The van der Waals surface area contributed by atoms with Crippen LogP contribution in [0.25, 0.3) is 0 Å². The number of carbonyl (C=O) groups excluding carboxylic acids is 1. The van der Waals surface area contributed by atoms with Crippen LogP contribution in [0.3, 0.4) is 0 Å². The number of rotatable bonds is 2. The summed E-state index contributed by atoms with van der Waals surface area (Å²) < 4.78 is 40.4. The predicted molar refractivity (Wildman–Crippen MR) is 65.9 cm³/mol. The summed E-state index contributed by atoms with van der Waals surface area (Å²) in [4.78, 5) is 12.0. The quantitative estimate of drug-likeness (QED) is 0.594. The second-order valence-electron chi connectivity index (χ2n) is 4.06. The molecule has 0 radical (unpaired) electrons. The van der Waals surface area contributed by atoms with Crippen LogP contribution in [0.4, 0.5) is 13.2 Å². The first-order valence-electron chi connectivity index (χ1n) is 5.35. The molecule has 19 heavy (non-hydrogen) atoms. The Balaban J connectivity index is 2.56. The van der Waals surface area contributed by atoms with Crippen molar-refractivity contribution in [3.63, 3.8) is 0 Å². The van der Waals surface area contributed by atoms with Crippen molar-refractivity contribution in [2.75, 3.05) is 0 Å².